The quantitative estimate of drug-likeness (QED) is 0.359. The highest BCUT2D eigenvalue weighted by Gasteiger charge is 2.72. The van der Waals surface area contributed by atoms with Crippen molar-refractivity contribution in [2.75, 3.05) is 0 Å². The summed E-state index contributed by atoms with van der Waals surface area (Å²) < 4.78 is 111. The molecule has 0 bridgehead atoms. The van der Waals surface area contributed by atoms with Gasteiger partial charge in [-0.05, 0) is 6.42 Å². The minimum atomic E-state index is -6.03. The van der Waals surface area contributed by atoms with E-state index in [1.54, 1.807) is 0 Å². The second kappa shape index (κ2) is 4.30. The fraction of sp³-hybridized carbons (Fsp3) is 1.00. The highest BCUT2D eigenvalue weighted by atomic mass is 127. The molecule has 1 saturated carbocycles. The molecule has 1 aliphatic rings. The van der Waals surface area contributed by atoms with E-state index in [0.29, 0.717) is 0 Å². The maximum atomic E-state index is 13.1. The molecule has 10 heteroatoms. The van der Waals surface area contributed by atoms with Gasteiger partial charge in [0.05, 0.1) is 3.92 Å². The molecule has 0 heterocycles. The largest absolute Gasteiger partial charge is 0.453 e. The third-order valence-electron chi connectivity index (χ3n) is 2.76. The Kier molecular flexibility index (Phi) is 3.86. The van der Waals surface area contributed by atoms with Crippen molar-refractivity contribution in [1.82, 2.24) is 0 Å². The fourth-order valence-electron chi connectivity index (χ4n) is 1.66. The van der Waals surface area contributed by atoms with E-state index in [0.717, 1.165) is 22.6 Å². The molecule has 108 valence electrons. The van der Waals surface area contributed by atoms with Crippen LogP contribution in [0.3, 0.4) is 0 Å². The van der Waals surface area contributed by atoms with Crippen molar-refractivity contribution < 1.29 is 39.5 Å². The average Bonchev–Trinajstić information content (AvgIpc) is 2.25. The Labute approximate surface area is 109 Å². The standard InChI is InChI=1S/C8H6F9I/c9-5(10,8(15,16)17)2-3-1-4(18)7(13,14)6(3,11)12/h3-4H,1-2H2. The smallest absolute Gasteiger partial charge is 0.200 e. The van der Waals surface area contributed by atoms with Crippen LogP contribution in [0.1, 0.15) is 12.8 Å². The topological polar surface area (TPSA) is 0 Å². The molecule has 0 radical (unpaired) electrons. The molecular weight excluding hydrogens is 394 g/mol. The van der Waals surface area contributed by atoms with E-state index in [1.807, 2.05) is 0 Å². The van der Waals surface area contributed by atoms with Gasteiger partial charge in [-0.1, -0.05) is 22.6 Å². The molecule has 1 fully saturated rings. The molecule has 0 aromatic heterocycles. The highest BCUT2D eigenvalue weighted by Crippen LogP contribution is 2.57. The van der Waals surface area contributed by atoms with Crippen LogP contribution in [-0.4, -0.2) is 27.9 Å². The van der Waals surface area contributed by atoms with Crippen molar-refractivity contribution >= 4 is 22.6 Å². The number of alkyl halides is 10. The van der Waals surface area contributed by atoms with Crippen molar-refractivity contribution in [2.24, 2.45) is 5.92 Å². The number of hydrogen-bond donors (Lipinski definition) is 0. The summed E-state index contributed by atoms with van der Waals surface area (Å²) >= 11 is 0.931. The van der Waals surface area contributed by atoms with E-state index in [1.165, 1.54) is 0 Å². The maximum Gasteiger partial charge on any atom is 0.453 e. The lowest BCUT2D eigenvalue weighted by atomic mass is 9.95. The van der Waals surface area contributed by atoms with Gasteiger partial charge in [-0.2, -0.15) is 39.5 Å². The van der Waals surface area contributed by atoms with Gasteiger partial charge >= 0.3 is 23.9 Å². The SMILES string of the molecule is FC(F)(F)C(F)(F)CC1CC(I)C(F)(F)C1(F)F. The van der Waals surface area contributed by atoms with Crippen LogP contribution in [0.15, 0.2) is 0 Å². The molecule has 0 aliphatic heterocycles. The van der Waals surface area contributed by atoms with Crippen molar-refractivity contribution in [2.45, 2.75) is 40.7 Å². The fourth-order valence-corrected chi connectivity index (χ4v) is 2.69. The summed E-state index contributed by atoms with van der Waals surface area (Å²) in [6.07, 6.45) is -9.45. The summed E-state index contributed by atoms with van der Waals surface area (Å²) in [7, 11) is 0. The Hall–Kier alpha value is 0.1000. The monoisotopic (exact) mass is 400 g/mol. The molecule has 2 atom stereocenters. The Morgan fingerprint density at radius 3 is 1.67 bits per heavy atom. The number of hydrogen-bond acceptors (Lipinski definition) is 0. The first kappa shape index (κ1) is 16.2. The first-order chi connectivity index (χ1) is 7.73. The summed E-state index contributed by atoms with van der Waals surface area (Å²) in [6.45, 7) is 0. The molecule has 18 heavy (non-hydrogen) atoms. The second-order valence-electron chi connectivity index (χ2n) is 4.05. The zero-order valence-electron chi connectivity index (χ0n) is 8.35. The van der Waals surface area contributed by atoms with Gasteiger partial charge in [0.25, 0.3) is 0 Å². The van der Waals surface area contributed by atoms with Crippen LogP contribution in [0.4, 0.5) is 39.5 Å². The van der Waals surface area contributed by atoms with Gasteiger partial charge in [0.1, 0.15) is 0 Å². The average molecular weight is 400 g/mol. The Balaban J connectivity index is 2.95. The van der Waals surface area contributed by atoms with E-state index < -0.39 is 46.6 Å². The molecule has 0 N–H and O–H groups in total. The van der Waals surface area contributed by atoms with Gasteiger partial charge in [-0.15, -0.1) is 0 Å². The molecule has 1 rings (SSSR count). The first-order valence-electron chi connectivity index (χ1n) is 4.57. The third kappa shape index (κ3) is 2.40. The molecule has 0 aromatic rings. The highest BCUT2D eigenvalue weighted by molar-refractivity contribution is 14.1. The first-order valence-corrected chi connectivity index (χ1v) is 5.82. The van der Waals surface area contributed by atoms with Crippen LogP contribution in [0.5, 0.6) is 0 Å². The van der Waals surface area contributed by atoms with Gasteiger partial charge in [-0.3, -0.25) is 0 Å². The predicted octanol–water partition coefficient (Wildman–Crippen LogP) is 4.67. The van der Waals surface area contributed by atoms with E-state index in [2.05, 4.69) is 0 Å². The van der Waals surface area contributed by atoms with Gasteiger partial charge in [0, 0.05) is 12.3 Å². The summed E-state index contributed by atoms with van der Waals surface area (Å²) in [4.78, 5) is 0. The summed E-state index contributed by atoms with van der Waals surface area (Å²) in [5.74, 6) is -17.6. The summed E-state index contributed by atoms with van der Waals surface area (Å²) in [6, 6.07) is 0. The predicted molar refractivity (Wildman–Crippen MR) is 51.4 cm³/mol. The minimum Gasteiger partial charge on any atom is -0.200 e. The lowest BCUT2D eigenvalue weighted by Crippen LogP contribution is -2.46. The summed E-state index contributed by atoms with van der Waals surface area (Å²) in [5.41, 5.74) is 0. The normalized spacial score (nSPS) is 31.7. The van der Waals surface area contributed by atoms with Crippen LogP contribution < -0.4 is 0 Å². The lowest BCUT2D eigenvalue weighted by Gasteiger charge is -2.28. The zero-order valence-corrected chi connectivity index (χ0v) is 10.5. The van der Waals surface area contributed by atoms with Crippen LogP contribution in [0.25, 0.3) is 0 Å². The molecule has 0 spiro atoms. The molecule has 0 aromatic carbocycles. The van der Waals surface area contributed by atoms with Crippen molar-refractivity contribution in [3.63, 3.8) is 0 Å². The van der Waals surface area contributed by atoms with E-state index in [9.17, 15) is 39.5 Å². The molecule has 1 aliphatic carbocycles. The van der Waals surface area contributed by atoms with Crippen LogP contribution >= 0.6 is 22.6 Å². The van der Waals surface area contributed by atoms with Gasteiger partial charge in [0.15, 0.2) is 0 Å². The Morgan fingerprint density at radius 1 is 0.944 bits per heavy atom. The van der Waals surface area contributed by atoms with Gasteiger partial charge < -0.3 is 0 Å². The van der Waals surface area contributed by atoms with Crippen LogP contribution in [0, 0.1) is 5.92 Å². The van der Waals surface area contributed by atoms with Crippen molar-refractivity contribution in [3.05, 3.63) is 0 Å². The van der Waals surface area contributed by atoms with E-state index >= 15 is 0 Å². The molecule has 0 saturated heterocycles. The zero-order chi connectivity index (χ0) is 14.6. The Morgan fingerprint density at radius 2 is 1.39 bits per heavy atom. The van der Waals surface area contributed by atoms with Crippen LogP contribution in [0.2, 0.25) is 0 Å². The molecule has 0 amide bonds. The Bertz CT molecular complexity index is 321. The molecule has 0 nitrogen and oxygen atoms in total. The van der Waals surface area contributed by atoms with E-state index in [-0.39, 0.29) is 0 Å². The number of rotatable bonds is 2. The summed E-state index contributed by atoms with van der Waals surface area (Å²) in [5, 5.41) is 0. The number of halogens is 10. The maximum absolute atomic E-state index is 13.1. The third-order valence-corrected chi connectivity index (χ3v) is 4.05. The minimum absolute atomic E-state index is 0.931. The van der Waals surface area contributed by atoms with Crippen molar-refractivity contribution in [1.29, 1.82) is 0 Å². The van der Waals surface area contributed by atoms with Crippen molar-refractivity contribution in [3.8, 4) is 0 Å². The molecular formula is C8H6F9I. The molecule has 2 unspecified atom stereocenters. The van der Waals surface area contributed by atoms with Crippen LogP contribution in [-0.2, 0) is 0 Å². The van der Waals surface area contributed by atoms with Gasteiger partial charge in [0.2, 0.25) is 0 Å². The lowest BCUT2D eigenvalue weighted by molar-refractivity contribution is -0.297. The second-order valence-corrected chi connectivity index (χ2v) is 5.56. The van der Waals surface area contributed by atoms with Gasteiger partial charge in [-0.25, -0.2) is 0 Å². The van der Waals surface area contributed by atoms with E-state index in [4.69, 9.17) is 0 Å².